The number of urea groups is 1. The molecule has 1 saturated carbocycles. The van der Waals surface area contributed by atoms with Crippen LogP contribution in [0.15, 0.2) is 17.5 Å². The number of nitrogens with one attached hydrogen (secondary N) is 3. The highest BCUT2D eigenvalue weighted by Crippen LogP contribution is 2.24. The molecule has 2 rings (SSSR count). The van der Waals surface area contributed by atoms with Gasteiger partial charge in [0, 0.05) is 10.8 Å². The first kappa shape index (κ1) is 17.3. The number of primary amides is 1. The van der Waals surface area contributed by atoms with Gasteiger partial charge in [-0.1, -0.05) is 25.3 Å². The van der Waals surface area contributed by atoms with Gasteiger partial charge in [0.2, 0.25) is 11.8 Å². The Morgan fingerprint density at radius 1 is 1.22 bits per heavy atom. The zero-order valence-electron chi connectivity index (χ0n) is 12.8. The molecule has 1 aliphatic rings. The molecule has 23 heavy (non-hydrogen) atoms. The predicted molar refractivity (Wildman–Crippen MR) is 87.3 cm³/mol. The molecule has 1 aromatic heterocycles. The maximum atomic E-state index is 12.0. The van der Waals surface area contributed by atoms with E-state index in [-0.39, 0.29) is 24.2 Å². The largest absolute Gasteiger partial charge is 0.352 e. The summed E-state index contributed by atoms with van der Waals surface area (Å²) in [6, 6.07) is 2.46. The van der Waals surface area contributed by atoms with Crippen LogP contribution in [-0.2, 0) is 9.59 Å². The van der Waals surface area contributed by atoms with Crippen LogP contribution in [0.3, 0.4) is 0 Å². The Morgan fingerprint density at radius 2 is 1.96 bits per heavy atom. The van der Waals surface area contributed by atoms with Gasteiger partial charge in [-0.3, -0.25) is 20.4 Å². The third-order valence-corrected chi connectivity index (χ3v) is 4.88. The molecule has 4 amide bonds. The van der Waals surface area contributed by atoms with E-state index in [4.69, 9.17) is 5.73 Å². The number of nitrogens with two attached hydrogens (primary N) is 1. The van der Waals surface area contributed by atoms with E-state index in [0.29, 0.717) is 0 Å². The highest BCUT2D eigenvalue weighted by atomic mass is 32.1. The van der Waals surface area contributed by atoms with Crippen LogP contribution in [0.25, 0.3) is 0 Å². The van der Waals surface area contributed by atoms with Gasteiger partial charge in [0.1, 0.15) is 0 Å². The molecular formula is C15H22N4O3S. The molecule has 1 aliphatic carbocycles. The van der Waals surface area contributed by atoms with Crippen molar-refractivity contribution in [2.75, 3.05) is 0 Å². The van der Waals surface area contributed by atoms with Gasteiger partial charge in [-0.2, -0.15) is 0 Å². The standard InChI is InChI=1S/C15H22N4O3S/c16-15(22)17-11(12-7-4-8-23-12)9-13(20)18-19-14(21)10-5-2-1-3-6-10/h4,7-8,10-11H,1-3,5-6,9H2,(H,18,20)(H,19,21)(H3,16,17,22)/t11-/m0/s1. The van der Waals surface area contributed by atoms with Crippen LogP contribution in [0.1, 0.15) is 49.4 Å². The van der Waals surface area contributed by atoms with Crippen molar-refractivity contribution in [3.8, 4) is 0 Å². The molecule has 7 nitrogen and oxygen atoms in total. The smallest absolute Gasteiger partial charge is 0.312 e. The fraction of sp³-hybridized carbons (Fsp3) is 0.533. The quantitative estimate of drug-likeness (QED) is 0.611. The molecule has 8 heteroatoms. The molecule has 126 valence electrons. The number of thiophene rings is 1. The summed E-state index contributed by atoms with van der Waals surface area (Å²) >= 11 is 1.42. The molecule has 5 N–H and O–H groups in total. The van der Waals surface area contributed by atoms with Crippen LogP contribution in [-0.4, -0.2) is 17.8 Å². The lowest BCUT2D eigenvalue weighted by Crippen LogP contribution is -2.46. The molecule has 0 aromatic carbocycles. The highest BCUT2D eigenvalue weighted by Gasteiger charge is 2.22. The minimum absolute atomic E-state index is 0.00833. The summed E-state index contributed by atoms with van der Waals surface area (Å²) in [6.07, 6.45) is 5.00. The van der Waals surface area contributed by atoms with E-state index in [1.54, 1.807) is 0 Å². The second-order valence-electron chi connectivity index (χ2n) is 5.65. The summed E-state index contributed by atoms with van der Waals surface area (Å²) in [5.41, 5.74) is 10.0. The number of carbonyl (C=O) groups excluding carboxylic acids is 3. The summed E-state index contributed by atoms with van der Waals surface area (Å²) in [5.74, 6) is -0.546. The zero-order valence-corrected chi connectivity index (χ0v) is 13.7. The number of hydrogen-bond acceptors (Lipinski definition) is 4. The van der Waals surface area contributed by atoms with Crippen molar-refractivity contribution in [2.45, 2.75) is 44.6 Å². The Hall–Kier alpha value is -2.09. The molecule has 0 saturated heterocycles. The summed E-state index contributed by atoms with van der Waals surface area (Å²) in [5, 5.41) is 4.39. The molecule has 1 fully saturated rings. The minimum atomic E-state index is -0.692. The van der Waals surface area contributed by atoms with Crippen LogP contribution in [0, 0.1) is 5.92 Å². The lowest BCUT2D eigenvalue weighted by Gasteiger charge is -2.21. The molecule has 0 spiro atoms. The topological polar surface area (TPSA) is 113 Å². The van der Waals surface area contributed by atoms with Crippen molar-refractivity contribution in [1.82, 2.24) is 16.2 Å². The molecule has 0 aliphatic heterocycles. The highest BCUT2D eigenvalue weighted by molar-refractivity contribution is 7.10. The molecular weight excluding hydrogens is 316 g/mol. The van der Waals surface area contributed by atoms with Crippen molar-refractivity contribution in [3.63, 3.8) is 0 Å². The number of hydrazine groups is 1. The third-order valence-electron chi connectivity index (χ3n) is 3.89. The molecule has 1 heterocycles. The van der Waals surface area contributed by atoms with E-state index < -0.39 is 12.1 Å². The Morgan fingerprint density at radius 3 is 2.57 bits per heavy atom. The van der Waals surface area contributed by atoms with Crippen LogP contribution in [0.5, 0.6) is 0 Å². The lowest BCUT2D eigenvalue weighted by atomic mass is 9.89. The fourth-order valence-electron chi connectivity index (χ4n) is 2.72. The van der Waals surface area contributed by atoms with Gasteiger partial charge in [0.25, 0.3) is 0 Å². The minimum Gasteiger partial charge on any atom is -0.352 e. The van der Waals surface area contributed by atoms with E-state index in [2.05, 4.69) is 16.2 Å². The van der Waals surface area contributed by atoms with Crippen LogP contribution in [0.2, 0.25) is 0 Å². The van der Waals surface area contributed by atoms with Crippen molar-refractivity contribution in [2.24, 2.45) is 11.7 Å². The van der Waals surface area contributed by atoms with Crippen molar-refractivity contribution in [3.05, 3.63) is 22.4 Å². The fourth-order valence-corrected chi connectivity index (χ4v) is 3.50. The Balaban J connectivity index is 1.81. The van der Waals surface area contributed by atoms with Crippen LogP contribution >= 0.6 is 11.3 Å². The lowest BCUT2D eigenvalue weighted by molar-refractivity contribution is -0.132. The van der Waals surface area contributed by atoms with Crippen molar-refractivity contribution >= 4 is 29.2 Å². The molecule has 0 bridgehead atoms. The Kier molecular flexibility index (Phi) is 6.40. The van der Waals surface area contributed by atoms with E-state index in [9.17, 15) is 14.4 Å². The van der Waals surface area contributed by atoms with E-state index in [1.165, 1.54) is 11.3 Å². The maximum absolute atomic E-state index is 12.0. The normalized spacial score (nSPS) is 16.3. The maximum Gasteiger partial charge on any atom is 0.312 e. The Bertz CT molecular complexity index is 541. The van der Waals surface area contributed by atoms with Gasteiger partial charge >= 0.3 is 6.03 Å². The summed E-state index contributed by atoms with van der Waals surface area (Å²) in [7, 11) is 0. The van der Waals surface area contributed by atoms with Gasteiger partial charge in [0.15, 0.2) is 0 Å². The number of hydrogen-bond donors (Lipinski definition) is 4. The first-order valence-corrected chi connectivity index (χ1v) is 8.62. The first-order chi connectivity index (χ1) is 11.1. The number of carbonyl (C=O) groups is 3. The molecule has 1 aromatic rings. The number of amides is 4. The average molecular weight is 338 g/mol. The number of rotatable bonds is 5. The first-order valence-electron chi connectivity index (χ1n) is 7.74. The molecule has 0 unspecified atom stereocenters. The van der Waals surface area contributed by atoms with Gasteiger partial charge in [-0.25, -0.2) is 4.79 Å². The monoisotopic (exact) mass is 338 g/mol. The molecule has 0 radical (unpaired) electrons. The van der Waals surface area contributed by atoms with Gasteiger partial charge in [-0.05, 0) is 24.3 Å². The zero-order chi connectivity index (χ0) is 16.7. The van der Waals surface area contributed by atoms with E-state index in [0.717, 1.165) is 37.0 Å². The van der Waals surface area contributed by atoms with Crippen molar-refractivity contribution in [1.29, 1.82) is 0 Å². The van der Waals surface area contributed by atoms with Crippen molar-refractivity contribution < 1.29 is 14.4 Å². The summed E-state index contributed by atoms with van der Waals surface area (Å²) in [4.78, 5) is 35.9. The average Bonchev–Trinajstić information content (AvgIpc) is 3.07. The van der Waals surface area contributed by atoms with E-state index in [1.807, 2.05) is 17.5 Å². The van der Waals surface area contributed by atoms with Gasteiger partial charge in [0.05, 0.1) is 12.5 Å². The van der Waals surface area contributed by atoms with E-state index >= 15 is 0 Å². The van der Waals surface area contributed by atoms with Crippen LogP contribution in [0.4, 0.5) is 4.79 Å². The summed E-state index contributed by atoms with van der Waals surface area (Å²) < 4.78 is 0. The molecule has 1 atom stereocenters. The van der Waals surface area contributed by atoms with Crippen LogP contribution < -0.4 is 21.9 Å². The Labute approximate surface area is 139 Å². The third kappa shape index (κ3) is 5.55. The summed E-state index contributed by atoms with van der Waals surface area (Å²) in [6.45, 7) is 0. The predicted octanol–water partition coefficient (Wildman–Crippen LogP) is 1.58. The SMILES string of the molecule is NC(=O)N[C@@H](CC(=O)NNC(=O)C1CCCCC1)c1cccs1. The second-order valence-corrected chi connectivity index (χ2v) is 6.63. The van der Waals surface area contributed by atoms with Gasteiger partial charge in [-0.15, -0.1) is 11.3 Å². The van der Waals surface area contributed by atoms with Gasteiger partial charge < -0.3 is 11.1 Å². The second kappa shape index (κ2) is 8.52.